The number of carboxylic acids is 1. The number of hydrogen-bond donors (Lipinski definition) is 4. The summed E-state index contributed by atoms with van der Waals surface area (Å²) in [6.45, 7) is 3.34. The quantitative estimate of drug-likeness (QED) is 0.392. The van der Waals surface area contributed by atoms with Gasteiger partial charge in [0.2, 0.25) is 5.91 Å². The van der Waals surface area contributed by atoms with Crippen LogP contribution in [0.2, 0.25) is 0 Å². The smallest absolute Gasteiger partial charge is 0.326 e. The number of primary amides is 1. The van der Waals surface area contributed by atoms with Gasteiger partial charge in [0.05, 0.1) is 6.61 Å². The van der Waals surface area contributed by atoms with Crippen LogP contribution in [0.4, 0.5) is 4.79 Å². The summed E-state index contributed by atoms with van der Waals surface area (Å²) in [5.41, 5.74) is 4.93. The summed E-state index contributed by atoms with van der Waals surface area (Å²) in [6, 6.07) is -1.75. The minimum atomic E-state index is -1.21. The molecule has 20 heavy (non-hydrogen) atoms. The van der Waals surface area contributed by atoms with Crippen LogP contribution in [-0.2, 0) is 14.3 Å². The molecule has 0 saturated heterocycles. The lowest BCUT2D eigenvalue weighted by Gasteiger charge is -2.14. The van der Waals surface area contributed by atoms with Gasteiger partial charge in [0.15, 0.2) is 0 Å². The topological polar surface area (TPSA) is 131 Å². The first-order chi connectivity index (χ1) is 9.47. The molecule has 0 aliphatic rings. The first-order valence-corrected chi connectivity index (χ1v) is 6.60. The second kappa shape index (κ2) is 11.0. The molecule has 0 heterocycles. The molecule has 0 fully saturated rings. The van der Waals surface area contributed by atoms with Crippen molar-refractivity contribution in [2.75, 3.05) is 19.8 Å². The fraction of sp³-hybridized carbons (Fsp3) is 0.750. The Morgan fingerprint density at radius 1 is 1.30 bits per heavy atom. The third-order valence-corrected chi connectivity index (χ3v) is 2.46. The van der Waals surface area contributed by atoms with Gasteiger partial charge in [-0.1, -0.05) is 13.3 Å². The van der Waals surface area contributed by atoms with Gasteiger partial charge in [0.25, 0.3) is 0 Å². The number of ether oxygens (including phenoxy) is 1. The zero-order chi connectivity index (χ0) is 15.4. The largest absolute Gasteiger partial charge is 0.480 e. The van der Waals surface area contributed by atoms with E-state index < -0.39 is 23.9 Å². The van der Waals surface area contributed by atoms with Crippen LogP contribution >= 0.6 is 0 Å². The molecule has 0 aromatic rings. The monoisotopic (exact) mass is 289 g/mol. The predicted octanol–water partition coefficient (Wildman–Crippen LogP) is -0.179. The van der Waals surface area contributed by atoms with Crippen molar-refractivity contribution in [3.8, 4) is 0 Å². The molecule has 0 rings (SSSR count). The molecule has 116 valence electrons. The van der Waals surface area contributed by atoms with E-state index in [1.165, 1.54) is 0 Å². The van der Waals surface area contributed by atoms with E-state index in [-0.39, 0.29) is 19.4 Å². The number of carbonyl (C=O) groups is 3. The van der Waals surface area contributed by atoms with E-state index in [1.54, 1.807) is 0 Å². The van der Waals surface area contributed by atoms with E-state index >= 15 is 0 Å². The lowest BCUT2D eigenvalue weighted by Crippen LogP contribution is -2.47. The highest BCUT2D eigenvalue weighted by atomic mass is 16.5. The van der Waals surface area contributed by atoms with Crippen LogP contribution in [0.3, 0.4) is 0 Å². The van der Waals surface area contributed by atoms with Gasteiger partial charge in [-0.2, -0.15) is 0 Å². The number of aliphatic carboxylic acids is 1. The van der Waals surface area contributed by atoms with Gasteiger partial charge in [-0.05, 0) is 12.8 Å². The molecular formula is C12H23N3O5. The standard InChI is InChI=1S/C12H23N3O5/c1-2-3-7-20-8-6-14-12(19)15-9(11(17)18)4-5-10(13)16/h9H,2-8H2,1H3,(H2,13,16)(H,17,18)(H2,14,15,19)/t9-/m1/s1. The molecule has 0 aliphatic carbocycles. The van der Waals surface area contributed by atoms with E-state index in [4.69, 9.17) is 15.6 Å². The summed E-state index contributed by atoms with van der Waals surface area (Å²) in [4.78, 5) is 32.9. The lowest BCUT2D eigenvalue weighted by molar-refractivity contribution is -0.139. The molecule has 3 amide bonds. The molecule has 0 aliphatic heterocycles. The minimum absolute atomic E-state index is 0.0366. The van der Waals surface area contributed by atoms with Crippen molar-refractivity contribution in [3.63, 3.8) is 0 Å². The molecule has 0 saturated carbocycles. The summed E-state index contributed by atoms with van der Waals surface area (Å²) in [5.74, 6) is -1.82. The predicted molar refractivity (Wildman–Crippen MR) is 72.1 cm³/mol. The van der Waals surface area contributed by atoms with Crippen molar-refractivity contribution in [1.29, 1.82) is 0 Å². The van der Waals surface area contributed by atoms with E-state index in [1.807, 2.05) is 6.92 Å². The van der Waals surface area contributed by atoms with E-state index in [2.05, 4.69) is 10.6 Å². The number of urea groups is 1. The molecule has 8 nitrogen and oxygen atoms in total. The van der Waals surface area contributed by atoms with Gasteiger partial charge >= 0.3 is 12.0 Å². The second-order valence-electron chi connectivity index (χ2n) is 4.26. The zero-order valence-electron chi connectivity index (χ0n) is 11.7. The molecular weight excluding hydrogens is 266 g/mol. The van der Waals surface area contributed by atoms with Crippen LogP contribution in [0.1, 0.15) is 32.6 Å². The summed E-state index contributed by atoms with van der Waals surface area (Å²) in [5, 5.41) is 13.6. The van der Waals surface area contributed by atoms with Crippen LogP contribution in [0.25, 0.3) is 0 Å². The normalized spacial score (nSPS) is 11.7. The highest BCUT2D eigenvalue weighted by molar-refractivity contribution is 5.83. The van der Waals surface area contributed by atoms with Crippen molar-refractivity contribution in [3.05, 3.63) is 0 Å². The minimum Gasteiger partial charge on any atom is -0.480 e. The Labute approximate surface area is 118 Å². The van der Waals surface area contributed by atoms with E-state index in [0.717, 1.165) is 12.8 Å². The fourth-order valence-corrected chi connectivity index (χ4v) is 1.34. The van der Waals surface area contributed by atoms with E-state index in [0.29, 0.717) is 13.2 Å². The molecule has 8 heteroatoms. The maximum atomic E-state index is 11.4. The highest BCUT2D eigenvalue weighted by Crippen LogP contribution is 1.97. The number of nitrogens with two attached hydrogens (primary N) is 1. The average Bonchev–Trinajstić information content (AvgIpc) is 2.38. The number of nitrogens with one attached hydrogen (secondary N) is 2. The lowest BCUT2D eigenvalue weighted by atomic mass is 10.1. The molecule has 0 unspecified atom stereocenters. The first kappa shape index (κ1) is 18.2. The molecule has 0 aromatic heterocycles. The van der Waals surface area contributed by atoms with Crippen molar-refractivity contribution in [2.24, 2.45) is 5.73 Å². The maximum absolute atomic E-state index is 11.4. The molecule has 5 N–H and O–H groups in total. The van der Waals surface area contributed by atoms with Crippen LogP contribution in [0, 0.1) is 0 Å². The van der Waals surface area contributed by atoms with Gasteiger partial charge in [-0.25, -0.2) is 9.59 Å². The Morgan fingerprint density at radius 2 is 2.00 bits per heavy atom. The third-order valence-electron chi connectivity index (χ3n) is 2.46. The molecule has 0 spiro atoms. The number of rotatable bonds is 11. The fourth-order valence-electron chi connectivity index (χ4n) is 1.34. The van der Waals surface area contributed by atoms with Crippen molar-refractivity contribution < 1.29 is 24.2 Å². The summed E-state index contributed by atoms with van der Waals surface area (Å²) in [6.07, 6.45) is 1.86. The molecule has 1 atom stereocenters. The van der Waals surface area contributed by atoms with Gasteiger partial charge in [-0.3, -0.25) is 4.79 Å². The Balaban J connectivity index is 3.84. The second-order valence-corrected chi connectivity index (χ2v) is 4.26. The van der Waals surface area contributed by atoms with Gasteiger partial charge in [0, 0.05) is 19.6 Å². The van der Waals surface area contributed by atoms with Crippen molar-refractivity contribution in [1.82, 2.24) is 10.6 Å². The summed E-state index contributed by atoms with van der Waals surface area (Å²) < 4.78 is 5.24. The van der Waals surface area contributed by atoms with Crippen LogP contribution in [0.15, 0.2) is 0 Å². The Kier molecular flexibility index (Phi) is 10.0. The van der Waals surface area contributed by atoms with Gasteiger partial charge < -0.3 is 26.2 Å². The SMILES string of the molecule is CCCCOCCNC(=O)N[C@H](CCC(N)=O)C(=O)O. The number of carboxylic acid groups (broad SMARTS) is 1. The Hall–Kier alpha value is -1.83. The zero-order valence-corrected chi connectivity index (χ0v) is 11.7. The number of hydrogen-bond acceptors (Lipinski definition) is 4. The maximum Gasteiger partial charge on any atom is 0.326 e. The molecule has 0 bridgehead atoms. The number of amides is 3. The van der Waals surface area contributed by atoms with E-state index in [9.17, 15) is 14.4 Å². The summed E-state index contributed by atoms with van der Waals surface area (Å²) >= 11 is 0. The van der Waals surface area contributed by atoms with Crippen molar-refractivity contribution in [2.45, 2.75) is 38.6 Å². The van der Waals surface area contributed by atoms with Crippen LogP contribution < -0.4 is 16.4 Å². The molecule has 0 aromatic carbocycles. The van der Waals surface area contributed by atoms with Crippen molar-refractivity contribution >= 4 is 17.9 Å². The number of carbonyl (C=O) groups excluding carboxylic acids is 2. The average molecular weight is 289 g/mol. The Morgan fingerprint density at radius 3 is 2.55 bits per heavy atom. The first-order valence-electron chi connectivity index (χ1n) is 6.60. The number of unbranched alkanes of at least 4 members (excludes halogenated alkanes) is 1. The van der Waals surface area contributed by atoms with Crippen LogP contribution in [0.5, 0.6) is 0 Å². The van der Waals surface area contributed by atoms with Gasteiger partial charge in [-0.15, -0.1) is 0 Å². The van der Waals surface area contributed by atoms with Gasteiger partial charge in [0.1, 0.15) is 6.04 Å². The third kappa shape index (κ3) is 10.1. The highest BCUT2D eigenvalue weighted by Gasteiger charge is 2.20. The molecule has 0 radical (unpaired) electrons. The Bertz CT molecular complexity index is 322. The summed E-state index contributed by atoms with van der Waals surface area (Å²) in [7, 11) is 0. The van der Waals surface area contributed by atoms with Crippen LogP contribution in [-0.4, -0.2) is 48.8 Å².